The molecule has 5 N–H and O–H groups in total. The van der Waals surface area contributed by atoms with Gasteiger partial charge in [-0.15, -0.1) is 0 Å². The van der Waals surface area contributed by atoms with E-state index in [0.29, 0.717) is 18.8 Å². The van der Waals surface area contributed by atoms with Gasteiger partial charge in [-0.3, -0.25) is 18.9 Å². The third-order valence-electron chi connectivity index (χ3n) is 15.3. The summed E-state index contributed by atoms with van der Waals surface area (Å²) in [7, 11) is -4.48. The number of nitrogens with one attached hydrogen (secondary N) is 2. The Morgan fingerprint density at radius 3 is 2.15 bits per heavy atom. The molecule has 8 rings (SSSR count). The molecule has 0 saturated carbocycles. The number of hydrogen-bond donors (Lipinski definition) is 4. The molecule has 18 heteroatoms. The SMILES string of the molecule is CN(CCCC(=O)NCC(=O)Nc1ccc(CC[N+]23CC[N+](CC(N)=O)(CC2)CC3)cc1)S(=O)(=O)c1ccc2c(c1)C(C)(C)C(C=CC=CC=CC=C1N(CCCS(=O)(=O)O)c3ccccc3C1(C)C)=[N+]2C. The van der Waals surface area contributed by atoms with Crippen molar-refractivity contribution in [2.45, 2.75) is 69.1 Å². The summed E-state index contributed by atoms with van der Waals surface area (Å²) in [6, 6.07) is 21.0. The van der Waals surface area contributed by atoms with Crippen LogP contribution >= 0.6 is 0 Å². The predicted octanol–water partition coefficient (Wildman–Crippen LogP) is 5.17. The fourth-order valence-corrected chi connectivity index (χ4v) is 12.7. The standard InChI is InChI=1S/C54H70N8O8S2/c1-53(2)44-16-12-13-17-47(44)60(29-15-37-71(66,67)68)49(53)19-11-9-7-8-10-18-48-54(3,4)45-38-43(25-26-46(45)59(48)6)72(69,70)58(5)28-14-20-51(64)56-39-52(65)57-42-23-21-41(22-24-42)27-30-61-31-34-62(35-32-61,36-33-61)40-50(55)63/h7-13,16-19,21-26,38H,14-15,20,27-37,39-40H2,1-6H3,(H2-3,55,56,57,63,64,65,66,67,68)/p+3. The van der Waals surface area contributed by atoms with Crippen LogP contribution in [0.5, 0.6) is 0 Å². The number of quaternary nitrogens is 2. The Kier molecular flexibility index (Phi) is 16.3. The van der Waals surface area contributed by atoms with E-state index in [1.54, 1.807) is 12.1 Å². The molecule has 3 saturated heterocycles. The first-order chi connectivity index (χ1) is 34.0. The topological polar surface area (TPSA) is 199 Å². The van der Waals surface area contributed by atoms with Gasteiger partial charge in [-0.05, 0) is 74.2 Å². The number of nitrogens with two attached hydrogens (primary N) is 1. The summed E-state index contributed by atoms with van der Waals surface area (Å²) >= 11 is 0. The van der Waals surface area contributed by atoms with Crippen LogP contribution in [-0.2, 0) is 51.8 Å². The molecule has 0 radical (unpaired) electrons. The molecule has 3 aromatic carbocycles. The fraction of sp³-hybridized carbons (Fsp3) is 0.444. The van der Waals surface area contributed by atoms with Crippen LogP contribution in [0, 0.1) is 0 Å². The summed E-state index contributed by atoms with van der Waals surface area (Å²) in [5.41, 5.74) is 12.5. The van der Waals surface area contributed by atoms with E-state index in [2.05, 4.69) is 53.9 Å². The summed E-state index contributed by atoms with van der Waals surface area (Å²) in [5, 5.41) is 5.49. The molecule has 3 aromatic rings. The zero-order valence-corrected chi connectivity index (χ0v) is 44.3. The second-order valence-electron chi connectivity index (χ2n) is 20.9. The lowest BCUT2D eigenvalue weighted by Gasteiger charge is -2.55. The Hall–Kier alpha value is -5.76. The first kappa shape index (κ1) is 54.0. The van der Waals surface area contributed by atoms with Crippen LogP contribution in [0.25, 0.3) is 0 Å². The van der Waals surface area contributed by atoms with E-state index in [9.17, 15) is 35.8 Å². The van der Waals surface area contributed by atoms with Crippen LogP contribution in [0.2, 0.25) is 0 Å². The summed E-state index contributed by atoms with van der Waals surface area (Å²) in [6.07, 6.45) is 15.3. The molecule has 5 heterocycles. The van der Waals surface area contributed by atoms with E-state index >= 15 is 0 Å². The highest BCUT2D eigenvalue weighted by Crippen LogP contribution is 2.47. The summed E-state index contributed by atoms with van der Waals surface area (Å²) in [5.74, 6) is -1.23. The van der Waals surface area contributed by atoms with Crippen molar-refractivity contribution in [3.8, 4) is 0 Å². The Morgan fingerprint density at radius 1 is 0.819 bits per heavy atom. The molecule has 72 heavy (non-hydrogen) atoms. The summed E-state index contributed by atoms with van der Waals surface area (Å²) < 4.78 is 65.0. The second-order valence-corrected chi connectivity index (χ2v) is 24.6. The number of hydrogen-bond acceptors (Lipinski definition) is 8. The Morgan fingerprint density at radius 2 is 1.47 bits per heavy atom. The normalized spacial score (nSPS) is 21.9. The number of fused-ring (bicyclic) bond motifs is 5. The number of benzene rings is 3. The number of amides is 3. The number of rotatable bonds is 22. The molecule has 16 nitrogen and oxygen atoms in total. The highest BCUT2D eigenvalue weighted by Gasteiger charge is 2.49. The number of anilines is 2. The van der Waals surface area contributed by atoms with Crippen molar-refractivity contribution in [2.75, 3.05) is 102 Å². The molecule has 386 valence electrons. The third-order valence-corrected chi connectivity index (χ3v) is 18.0. The minimum absolute atomic E-state index is 0.0508. The molecular formula is C54H73N8O8S2+3. The molecular weight excluding hydrogens is 953 g/mol. The predicted molar refractivity (Wildman–Crippen MR) is 283 cm³/mol. The summed E-state index contributed by atoms with van der Waals surface area (Å²) in [6.45, 7) is 16.4. The lowest BCUT2D eigenvalue weighted by Crippen LogP contribution is -2.76. The van der Waals surface area contributed by atoms with Crippen molar-refractivity contribution in [3.63, 3.8) is 0 Å². The van der Waals surface area contributed by atoms with Crippen molar-refractivity contribution < 1.29 is 49.3 Å². The number of carbonyl (C=O) groups excluding carboxylic acids is 3. The lowest BCUT2D eigenvalue weighted by molar-refractivity contribution is -1.08. The average molecular weight is 1030 g/mol. The van der Waals surface area contributed by atoms with Crippen molar-refractivity contribution in [3.05, 3.63) is 132 Å². The van der Waals surface area contributed by atoms with Crippen LogP contribution in [0.15, 0.2) is 120 Å². The second kappa shape index (κ2) is 21.8. The molecule has 0 aliphatic carbocycles. The summed E-state index contributed by atoms with van der Waals surface area (Å²) in [4.78, 5) is 39.3. The number of carbonyl (C=O) groups is 3. The van der Waals surface area contributed by atoms with Gasteiger partial charge in [-0.2, -0.15) is 13.0 Å². The first-order valence-electron chi connectivity index (χ1n) is 24.9. The molecule has 2 bridgehead atoms. The van der Waals surface area contributed by atoms with E-state index in [1.165, 1.54) is 16.9 Å². The van der Waals surface area contributed by atoms with Gasteiger partial charge in [0.15, 0.2) is 12.3 Å². The molecule has 0 atom stereocenters. The molecule has 3 fully saturated rings. The quantitative estimate of drug-likeness (QED) is 0.0454. The van der Waals surface area contributed by atoms with Gasteiger partial charge >= 0.3 is 0 Å². The number of allylic oxidation sites excluding steroid dienone is 8. The van der Waals surface area contributed by atoms with Gasteiger partial charge in [0.1, 0.15) is 46.3 Å². The minimum Gasteiger partial charge on any atom is -0.365 e. The molecule has 5 aliphatic rings. The van der Waals surface area contributed by atoms with Gasteiger partial charge in [0, 0.05) is 73.2 Å². The maximum absolute atomic E-state index is 13.8. The number of sulfonamides is 1. The van der Waals surface area contributed by atoms with Crippen molar-refractivity contribution >= 4 is 60.6 Å². The number of para-hydroxylation sites is 1. The largest absolute Gasteiger partial charge is 0.365 e. The molecule has 0 aromatic heterocycles. The maximum atomic E-state index is 13.8. The van der Waals surface area contributed by atoms with Gasteiger partial charge in [-0.25, -0.2) is 12.7 Å². The lowest BCUT2D eigenvalue weighted by atomic mass is 9.81. The van der Waals surface area contributed by atoms with Gasteiger partial charge in [-0.1, -0.05) is 74.6 Å². The van der Waals surface area contributed by atoms with Crippen LogP contribution < -0.4 is 21.3 Å². The smallest absolute Gasteiger partial charge is 0.272 e. The van der Waals surface area contributed by atoms with Gasteiger partial charge in [0.25, 0.3) is 16.0 Å². The monoisotopic (exact) mass is 1030 g/mol. The van der Waals surface area contributed by atoms with Crippen molar-refractivity contribution in [1.82, 2.24) is 9.62 Å². The fourth-order valence-electron chi connectivity index (χ4n) is 11.0. The van der Waals surface area contributed by atoms with Crippen LogP contribution in [0.3, 0.4) is 0 Å². The highest BCUT2D eigenvalue weighted by atomic mass is 32.2. The number of piperazine rings is 3. The molecule has 5 aliphatic heterocycles. The zero-order valence-electron chi connectivity index (χ0n) is 42.6. The Balaban J connectivity index is 0.849. The van der Waals surface area contributed by atoms with E-state index in [0.717, 1.165) is 95.1 Å². The van der Waals surface area contributed by atoms with Crippen LogP contribution in [-0.4, -0.2) is 155 Å². The first-order valence-corrected chi connectivity index (χ1v) is 27.9. The maximum Gasteiger partial charge on any atom is 0.272 e. The van der Waals surface area contributed by atoms with Crippen molar-refractivity contribution in [2.24, 2.45) is 5.73 Å². The van der Waals surface area contributed by atoms with Gasteiger partial charge < -0.3 is 30.2 Å². The molecule has 0 unspecified atom stereocenters. The van der Waals surface area contributed by atoms with Gasteiger partial charge in [0.05, 0.1) is 29.2 Å². The van der Waals surface area contributed by atoms with Crippen molar-refractivity contribution in [1.29, 1.82) is 0 Å². The third kappa shape index (κ3) is 12.3. The van der Waals surface area contributed by atoms with E-state index < -0.39 is 25.6 Å². The zero-order chi connectivity index (χ0) is 52.1. The average Bonchev–Trinajstić information content (AvgIpc) is 3.66. The Bertz CT molecular complexity index is 2920. The minimum atomic E-state index is -4.06. The van der Waals surface area contributed by atoms with E-state index in [1.807, 2.05) is 98.1 Å². The molecule has 0 spiro atoms. The van der Waals surface area contributed by atoms with E-state index in [-0.39, 0.29) is 66.1 Å². The molecule has 3 amide bonds. The van der Waals surface area contributed by atoms with Crippen LogP contribution in [0.4, 0.5) is 17.1 Å². The highest BCUT2D eigenvalue weighted by molar-refractivity contribution is 7.89. The number of primary amides is 1. The van der Waals surface area contributed by atoms with E-state index in [4.69, 9.17) is 5.73 Å². The van der Waals surface area contributed by atoms with Gasteiger partial charge in [0.2, 0.25) is 27.5 Å². The Labute approximate surface area is 426 Å². The number of nitrogens with zero attached hydrogens (tertiary/aromatic N) is 5. The van der Waals surface area contributed by atoms with Crippen LogP contribution in [0.1, 0.15) is 63.6 Å².